The first-order valence-corrected chi connectivity index (χ1v) is 4.56. The molecule has 0 unspecified atom stereocenters. The van der Waals surface area contributed by atoms with Crippen LogP contribution in [0.4, 0.5) is 14.5 Å². The number of aryl methyl sites for hydroxylation is 1. The number of anilines is 1. The van der Waals surface area contributed by atoms with E-state index in [1.54, 1.807) is 6.92 Å². The van der Waals surface area contributed by atoms with E-state index in [4.69, 9.17) is 5.73 Å². The highest BCUT2D eigenvalue weighted by molar-refractivity contribution is 5.75. The molecular formula is C10H12F2N2O2. The number of aromatic nitrogens is 1. The quantitative estimate of drug-likeness (QED) is 0.801. The average molecular weight is 230 g/mol. The van der Waals surface area contributed by atoms with Crippen LogP contribution in [0.15, 0.2) is 6.20 Å². The number of nitrogens with two attached hydrogens (primary N) is 1. The molecule has 0 aliphatic carbocycles. The van der Waals surface area contributed by atoms with Crippen LogP contribution in [0.1, 0.15) is 23.2 Å². The molecule has 6 heteroatoms. The van der Waals surface area contributed by atoms with Gasteiger partial charge in [-0.05, 0) is 12.5 Å². The molecule has 0 fully saturated rings. The average Bonchev–Trinajstić information content (AvgIpc) is 2.24. The minimum absolute atomic E-state index is 0.0434. The van der Waals surface area contributed by atoms with Crippen LogP contribution in [0.3, 0.4) is 0 Å². The topological polar surface area (TPSA) is 65.2 Å². The fourth-order valence-electron chi connectivity index (χ4n) is 1.28. The van der Waals surface area contributed by atoms with Gasteiger partial charge in [-0.3, -0.25) is 9.78 Å². The summed E-state index contributed by atoms with van der Waals surface area (Å²) in [5.74, 6) is -0.624. The highest BCUT2D eigenvalue weighted by Gasteiger charge is 2.20. The first-order valence-electron chi connectivity index (χ1n) is 4.56. The number of alkyl halides is 2. The van der Waals surface area contributed by atoms with Crippen molar-refractivity contribution in [3.63, 3.8) is 0 Å². The zero-order valence-corrected chi connectivity index (χ0v) is 8.96. The predicted molar refractivity (Wildman–Crippen MR) is 54.1 cm³/mol. The van der Waals surface area contributed by atoms with Gasteiger partial charge in [-0.25, -0.2) is 8.78 Å². The molecule has 0 bridgehead atoms. The Balaban J connectivity index is 3.20. The van der Waals surface area contributed by atoms with Crippen molar-refractivity contribution in [1.82, 2.24) is 4.98 Å². The number of methoxy groups -OCH3 is 1. The van der Waals surface area contributed by atoms with Crippen LogP contribution in [0.25, 0.3) is 0 Å². The van der Waals surface area contributed by atoms with Crippen LogP contribution in [-0.2, 0) is 16.0 Å². The van der Waals surface area contributed by atoms with Crippen molar-refractivity contribution in [3.8, 4) is 0 Å². The summed E-state index contributed by atoms with van der Waals surface area (Å²) >= 11 is 0. The Morgan fingerprint density at radius 3 is 2.75 bits per heavy atom. The molecule has 1 aromatic heterocycles. The molecule has 1 rings (SSSR count). The highest BCUT2D eigenvalue weighted by Crippen LogP contribution is 2.27. The van der Waals surface area contributed by atoms with Crippen molar-refractivity contribution in [2.45, 2.75) is 19.8 Å². The number of esters is 1. The number of hydrogen-bond donors (Lipinski definition) is 1. The lowest BCUT2D eigenvalue weighted by molar-refractivity contribution is -0.139. The summed E-state index contributed by atoms with van der Waals surface area (Å²) in [7, 11) is 1.18. The molecule has 0 saturated carbocycles. The molecule has 0 aliphatic rings. The number of nitrogen functional groups attached to an aromatic ring is 1. The Kier molecular flexibility index (Phi) is 3.76. The van der Waals surface area contributed by atoms with Gasteiger partial charge in [0.15, 0.2) is 0 Å². The van der Waals surface area contributed by atoms with Crippen molar-refractivity contribution < 1.29 is 18.3 Å². The van der Waals surface area contributed by atoms with E-state index in [0.717, 1.165) is 0 Å². The van der Waals surface area contributed by atoms with Gasteiger partial charge in [-0.15, -0.1) is 0 Å². The summed E-state index contributed by atoms with van der Waals surface area (Å²) in [5, 5.41) is 0. The molecule has 16 heavy (non-hydrogen) atoms. The number of hydrogen-bond acceptors (Lipinski definition) is 4. The third-order valence-electron chi connectivity index (χ3n) is 2.21. The second-order valence-electron chi connectivity index (χ2n) is 3.27. The first-order chi connectivity index (χ1) is 7.47. The Morgan fingerprint density at radius 1 is 1.62 bits per heavy atom. The molecular weight excluding hydrogens is 218 g/mol. The Morgan fingerprint density at radius 2 is 2.25 bits per heavy atom. The first kappa shape index (κ1) is 12.4. The smallest absolute Gasteiger partial charge is 0.310 e. The molecule has 4 nitrogen and oxygen atoms in total. The monoisotopic (exact) mass is 230 g/mol. The molecule has 0 aromatic carbocycles. The molecule has 1 heterocycles. The van der Waals surface area contributed by atoms with Crippen molar-refractivity contribution in [1.29, 1.82) is 0 Å². The fourth-order valence-corrected chi connectivity index (χ4v) is 1.28. The molecule has 0 atom stereocenters. The summed E-state index contributed by atoms with van der Waals surface area (Å²) in [6.07, 6.45) is -1.79. The summed E-state index contributed by atoms with van der Waals surface area (Å²) < 4.78 is 29.7. The number of rotatable bonds is 3. The fraction of sp³-hybridized carbons (Fsp3) is 0.400. The lowest BCUT2D eigenvalue weighted by Crippen LogP contribution is -2.12. The second-order valence-corrected chi connectivity index (χ2v) is 3.27. The SMILES string of the molecule is COC(=O)Cc1c(C(F)F)ncc(C)c1N. The Bertz CT molecular complexity index is 408. The van der Waals surface area contributed by atoms with Crippen molar-refractivity contribution >= 4 is 11.7 Å². The van der Waals surface area contributed by atoms with Gasteiger partial charge in [0.1, 0.15) is 5.69 Å². The number of nitrogens with zero attached hydrogens (tertiary/aromatic N) is 1. The number of carbonyl (C=O) groups is 1. The molecule has 2 N–H and O–H groups in total. The van der Waals surface area contributed by atoms with E-state index in [0.29, 0.717) is 5.56 Å². The standard InChI is InChI=1S/C10H12F2N2O2/c1-5-4-14-9(10(11)12)6(8(5)13)3-7(15)16-2/h4,10H,3H2,1-2H3,(H2,13,14). The number of carbonyl (C=O) groups excluding carboxylic acids is 1. The van der Waals surface area contributed by atoms with Crippen molar-refractivity contribution in [3.05, 3.63) is 23.0 Å². The van der Waals surface area contributed by atoms with E-state index in [9.17, 15) is 13.6 Å². The van der Waals surface area contributed by atoms with Crippen LogP contribution >= 0.6 is 0 Å². The largest absolute Gasteiger partial charge is 0.469 e. The normalized spacial score (nSPS) is 10.6. The van der Waals surface area contributed by atoms with Gasteiger partial charge < -0.3 is 10.5 Å². The third kappa shape index (κ3) is 2.44. The maximum Gasteiger partial charge on any atom is 0.310 e. The molecule has 0 amide bonds. The van der Waals surface area contributed by atoms with Crippen LogP contribution in [0, 0.1) is 6.92 Å². The molecule has 0 saturated heterocycles. The minimum Gasteiger partial charge on any atom is -0.469 e. The lowest BCUT2D eigenvalue weighted by Gasteiger charge is -2.11. The lowest BCUT2D eigenvalue weighted by atomic mass is 10.1. The van der Waals surface area contributed by atoms with E-state index in [1.165, 1.54) is 13.3 Å². The molecule has 0 radical (unpaired) electrons. The Hall–Kier alpha value is -1.72. The zero-order valence-electron chi connectivity index (χ0n) is 8.96. The van der Waals surface area contributed by atoms with Gasteiger partial charge in [-0.1, -0.05) is 0 Å². The van der Waals surface area contributed by atoms with E-state index < -0.39 is 18.1 Å². The summed E-state index contributed by atoms with van der Waals surface area (Å²) in [5.41, 5.74) is 5.94. The maximum absolute atomic E-state index is 12.6. The molecule has 1 aromatic rings. The van der Waals surface area contributed by atoms with E-state index in [2.05, 4.69) is 9.72 Å². The molecule has 0 aliphatic heterocycles. The van der Waals surface area contributed by atoms with Gasteiger partial charge in [0.2, 0.25) is 0 Å². The van der Waals surface area contributed by atoms with E-state index in [-0.39, 0.29) is 17.7 Å². The predicted octanol–water partition coefficient (Wildman–Crippen LogP) is 1.63. The number of halogens is 2. The van der Waals surface area contributed by atoms with Gasteiger partial charge >= 0.3 is 5.97 Å². The van der Waals surface area contributed by atoms with E-state index in [1.807, 2.05) is 0 Å². The number of ether oxygens (including phenoxy) is 1. The zero-order chi connectivity index (χ0) is 12.3. The number of pyridine rings is 1. The van der Waals surface area contributed by atoms with Gasteiger partial charge in [-0.2, -0.15) is 0 Å². The Labute approximate surface area is 91.4 Å². The van der Waals surface area contributed by atoms with E-state index >= 15 is 0 Å². The molecule has 0 spiro atoms. The van der Waals surface area contributed by atoms with Crippen molar-refractivity contribution in [2.24, 2.45) is 0 Å². The van der Waals surface area contributed by atoms with Gasteiger partial charge in [0, 0.05) is 17.4 Å². The van der Waals surface area contributed by atoms with Crippen LogP contribution in [0.2, 0.25) is 0 Å². The van der Waals surface area contributed by atoms with Crippen LogP contribution in [-0.4, -0.2) is 18.1 Å². The molecule has 88 valence electrons. The van der Waals surface area contributed by atoms with Gasteiger partial charge in [0.25, 0.3) is 6.43 Å². The van der Waals surface area contributed by atoms with Gasteiger partial charge in [0.05, 0.1) is 13.5 Å². The summed E-state index contributed by atoms with van der Waals surface area (Å²) in [6, 6.07) is 0. The second kappa shape index (κ2) is 4.87. The van der Waals surface area contributed by atoms with Crippen LogP contribution < -0.4 is 5.73 Å². The highest BCUT2D eigenvalue weighted by atomic mass is 19.3. The van der Waals surface area contributed by atoms with Crippen LogP contribution in [0.5, 0.6) is 0 Å². The minimum atomic E-state index is -2.76. The third-order valence-corrected chi connectivity index (χ3v) is 2.21. The summed E-state index contributed by atoms with van der Waals surface area (Å²) in [4.78, 5) is 14.7. The summed E-state index contributed by atoms with van der Waals surface area (Å²) in [6.45, 7) is 1.64. The maximum atomic E-state index is 12.6. The van der Waals surface area contributed by atoms with Crippen molar-refractivity contribution in [2.75, 3.05) is 12.8 Å².